The molecular weight excluding hydrogens is 537 g/mol. The molecule has 2 aliphatic rings. The summed E-state index contributed by atoms with van der Waals surface area (Å²) >= 11 is 1.47. The van der Waals surface area contributed by atoms with Crippen molar-refractivity contribution in [3.8, 4) is 0 Å². The lowest BCUT2D eigenvalue weighted by Gasteiger charge is -2.50. The largest absolute Gasteiger partial charge is 0.448 e. The number of ether oxygens (including phenoxy) is 1. The molecule has 208 valence electrons. The first kappa shape index (κ1) is 29.1. The molecule has 4 rings (SSSR count). The summed E-state index contributed by atoms with van der Waals surface area (Å²) in [5.41, 5.74) is 2.47. The van der Waals surface area contributed by atoms with Crippen molar-refractivity contribution < 1.29 is 27.9 Å². The number of β-lactam (4-membered cyclic amide) rings is 1. The Balaban J connectivity index is 1.66. The molecule has 0 saturated carbocycles. The predicted molar refractivity (Wildman–Crippen MR) is 152 cm³/mol. The van der Waals surface area contributed by atoms with Gasteiger partial charge in [0.25, 0.3) is 0 Å². The molecule has 1 fully saturated rings. The highest BCUT2D eigenvalue weighted by molar-refractivity contribution is 8.00. The van der Waals surface area contributed by atoms with Crippen LogP contribution >= 0.6 is 19.5 Å². The molecule has 2 atom stereocenters. The van der Waals surface area contributed by atoms with Gasteiger partial charge in [-0.2, -0.15) is 0 Å². The van der Waals surface area contributed by atoms with Gasteiger partial charge in [0, 0.05) is 19.8 Å². The van der Waals surface area contributed by atoms with Crippen LogP contribution in [0.15, 0.2) is 84.2 Å². The molecule has 2 heterocycles. The van der Waals surface area contributed by atoms with Gasteiger partial charge in [-0.3, -0.25) is 18.7 Å². The number of rotatable bonds is 12. The number of thioether (sulfide) groups is 1. The first-order valence-corrected chi connectivity index (χ1v) is 15.4. The zero-order chi connectivity index (χ0) is 28.0. The van der Waals surface area contributed by atoms with E-state index in [-0.39, 0.29) is 18.9 Å². The Morgan fingerprint density at radius 2 is 1.64 bits per heavy atom. The second kappa shape index (κ2) is 13.0. The molecule has 2 unspecified atom stereocenters. The summed E-state index contributed by atoms with van der Waals surface area (Å²) < 4.78 is 29.9. The minimum atomic E-state index is -3.69. The van der Waals surface area contributed by atoms with Crippen LogP contribution in [0.1, 0.15) is 31.1 Å². The lowest BCUT2D eigenvalue weighted by atomic mass is 10.0. The molecule has 11 heteroatoms. The van der Waals surface area contributed by atoms with Gasteiger partial charge in [-0.05, 0) is 42.8 Å². The van der Waals surface area contributed by atoms with Gasteiger partial charge in [0.1, 0.15) is 17.1 Å². The Morgan fingerprint density at radius 3 is 2.15 bits per heavy atom. The number of hydrogen-bond acceptors (Lipinski definition) is 8. The van der Waals surface area contributed by atoms with E-state index >= 15 is 0 Å². The lowest BCUT2D eigenvalue weighted by Crippen LogP contribution is -2.69. The Kier molecular flexibility index (Phi) is 9.69. The van der Waals surface area contributed by atoms with Crippen molar-refractivity contribution in [2.75, 3.05) is 33.1 Å². The van der Waals surface area contributed by atoms with E-state index < -0.39 is 37.1 Å². The second-order valence-electron chi connectivity index (χ2n) is 9.11. The number of esters is 1. The van der Waals surface area contributed by atoms with Crippen LogP contribution in [-0.4, -0.2) is 66.2 Å². The third kappa shape index (κ3) is 6.65. The molecule has 1 saturated heterocycles. The molecule has 1 amide bonds. The fourth-order valence-corrected chi connectivity index (χ4v) is 7.27. The maximum Gasteiger partial charge on any atom is 0.406 e. The van der Waals surface area contributed by atoms with Crippen molar-refractivity contribution in [2.24, 2.45) is 0 Å². The van der Waals surface area contributed by atoms with Crippen molar-refractivity contribution in [1.82, 2.24) is 14.9 Å². The van der Waals surface area contributed by atoms with E-state index in [4.69, 9.17) is 13.8 Å². The molecule has 0 radical (unpaired) electrons. The van der Waals surface area contributed by atoms with E-state index in [1.807, 2.05) is 91.9 Å². The average molecular weight is 572 g/mol. The summed E-state index contributed by atoms with van der Waals surface area (Å²) in [6.45, 7) is 3.72. The SMILES string of the molecule is CCOP(=O)(NC1C(=O)N2C(C(=O)OC(c3ccccc3)c3ccccc3)=C(/C=C/N(C)C)CSC12)OCC. The van der Waals surface area contributed by atoms with Crippen molar-refractivity contribution in [2.45, 2.75) is 31.4 Å². The number of nitrogens with one attached hydrogen (secondary N) is 1. The minimum absolute atomic E-state index is 0.157. The number of carbonyl (C=O) groups excluding carboxylic acids is 2. The monoisotopic (exact) mass is 571 g/mol. The Labute approximate surface area is 233 Å². The molecular formula is C28H34N3O6PS. The van der Waals surface area contributed by atoms with Crippen molar-refractivity contribution in [3.63, 3.8) is 0 Å². The highest BCUT2D eigenvalue weighted by atomic mass is 32.2. The van der Waals surface area contributed by atoms with E-state index in [0.717, 1.165) is 11.1 Å². The Hall–Kier alpha value is -2.88. The molecule has 0 bridgehead atoms. The highest BCUT2D eigenvalue weighted by Gasteiger charge is 2.56. The first-order valence-electron chi connectivity index (χ1n) is 12.8. The molecule has 2 aliphatic heterocycles. The molecule has 2 aromatic carbocycles. The van der Waals surface area contributed by atoms with Gasteiger partial charge in [0.15, 0.2) is 6.10 Å². The topological polar surface area (TPSA) is 97.4 Å². The zero-order valence-electron chi connectivity index (χ0n) is 22.5. The average Bonchev–Trinajstić information content (AvgIpc) is 2.94. The van der Waals surface area contributed by atoms with Gasteiger partial charge in [0.05, 0.1) is 13.2 Å². The van der Waals surface area contributed by atoms with Gasteiger partial charge >= 0.3 is 13.7 Å². The van der Waals surface area contributed by atoms with E-state index in [1.54, 1.807) is 13.8 Å². The maximum absolute atomic E-state index is 13.9. The van der Waals surface area contributed by atoms with Crippen LogP contribution in [0.4, 0.5) is 0 Å². The normalized spacial score (nSPS) is 19.3. The van der Waals surface area contributed by atoms with E-state index in [9.17, 15) is 14.2 Å². The number of allylic oxidation sites excluding steroid dienone is 1. The van der Waals surface area contributed by atoms with Crippen molar-refractivity contribution >= 4 is 31.4 Å². The van der Waals surface area contributed by atoms with Gasteiger partial charge in [-0.1, -0.05) is 60.7 Å². The van der Waals surface area contributed by atoms with Crippen LogP contribution in [0.3, 0.4) is 0 Å². The molecule has 0 aromatic heterocycles. The highest BCUT2D eigenvalue weighted by Crippen LogP contribution is 2.49. The smallest absolute Gasteiger partial charge is 0.406 e. The second-order valence-corrected chi connectivity index (χ2v) is 12.0. The van der Waals surface area contributed by atoms with E-state index in [1.165, 1.54) is 16.7 Å². The summed E-state index contributed by atoms with van der Waals surface area (Å²) in [5, 5.41) is 2.32. The Morgan fingerprint density at radius 1 is 1.08 bits per heavy atom. The van der Waals surface area contributed by atoms with Gasteiger partial charge in [-0.25, -0.2) is 14.4 Å². The Bertz CT molecular complexity index is 1220. The zero-order valence-corrected chi connectivity index (χ0v) is 24.2. The third-order valence-electron chi connectivity index (χ3n) is 6.09. The molecule has 39 heavy (non-hydrogen) atoms. The van der Waals surface area contributed by atoms with Gasteiger partial charge in [-0.15, -0.1) is 11.8 Å². The lowest BCUT2D eigenvalue weighted by molar-refractivity contribution is -0.153. The molecule has 0 aliphatic carbocycles. The number of benzene rings is 2. The molecule has 0 spiro atoms. The standard InChI is InChI=1S/C28H34N3O6PS/c1-5-35-38(34,36-6-2)29-23-26(32)31-24(22(17-18-30(3)4)19-39-27(23)31)28(33)37-25(20-13-9-7-10-14-20)21-15-11-8-12-16-21/h7-18,23,25,27H,5-6,19H2,1-4H3,(H,29,34)/b18-17+. The number of amides is 1. The summed E-state index contributed by atoms with van der Waals surface area (Å²) in [6.07, 6.45) is 2.98. The van der Waals surface area contributed by atoms with E-state index in [0.29, 0.717) is 11.3 Å². The van der Waals surface area contributed by atoms with Crippen molar-refractivity contribution in [3.05, 3.63) is 95.3 Å². The predicted octanol–water partition coefficient (Wildman–Crippen LogP) is 4.70. The molecule has 2 aromatic rings. The van der Waals surface area contributed by atoms with Crippen molar-refractivity contribution in [1.29, 1.82) is 0 Å². The van der Waals surface area contributed by atoms with Crippen LogP contribution in [0.5, 0.6) is 0 Å². The van der Waals surface area contributed by atoms with Crippen LogP contribution in [-0.2, 0) is 27.9 Å². The number of carbonyl (C=O) groups is 2. The minimum Gasteiger partial charge on any atom is -0.448 e. The fraction of sp³-hybridized carbons (Fsp3) is 0.357. The molecule has 1 N–H and O–H groups in total. The van der Waals surface area contributed by atoms with Crippen LogP contribution in [0.25, 0.3) is 0 Å². The number of hydrogen-bond donors (Lipinski definition) is 1. The van der Waals surface area contributed by atoms with Gasteiger partial charge < -0.3 is 9.64 Å². The van der Waals surface area contributed by atoms with Crippen LogP contribution < -0.4 is 5.09 Å². The summed E-state index contributed by atoms with van der Waals surface area (Å²) in [6, 6.07) is 18.1. The molecule has 9 nitrogen and oxygen atoms in total. The quantitative estimate of drug-likeness (QED) is 0.221. The van der Waals surface area contributed by atoms with Gasteiger partial charge in [0.2, 0.25) is 5.91 Å². The fourth-order valence-electron chi connectivity index (χ4n) is 4.35. The first-order chi connectivity index (χ1) is 18.8. The maximum atomic E-state index is 13.9. The summed E-state index contributed by atoms with van der Waals surface area (Å²) in [7, 11) is 0.0622. The third-order valence-corrected chi connectivity index (χ3v) is 9.18. The number of nitrogens with zero attached hydrogens (tertiary/aromatic N) is 2. The summed E-state index contributed by atoms with van der Waals surface area (Å²) in [5.74, 6) is -0.553. The van der Waals surface area contributed by atoms with Crippen LogP contribution in [0.2, 0.25) is 0 Å². The number of fused-ring (bicyclic) bond motifs is 1. The summed E-state index contributed by atoms with van der Waals surface area (Å²) in [4.78, 5) is 30.6. The van der Waals surface area contributed by atoms with E-state index in [2.05, 4.69) is 5.09 Å². The van der Waals surface area contributed by atoms with Crippen LogP contribution in [0, 0.1) is 0 Å².